The number of hydrogen-bond donors (Lipinski definition) is 4. The minimum atomic E-state index is -3.45. The molecule has 1 saturated heterocycles. The van der Waals surface area contributed by atoms with E-state index in [-0.39, 0.29) is 33.3 Å². The highest BCUT2D eigenvalue weighted by atomic mass is 35.5. The number of aromatic hydroxyl groups is 1. The molecule has 0 saturated carbocycles. The summed E-state index contributed by atoms with van der Waals surface area (Å²) in [5, 5.41) is 26.1. The third kappa shape index (κ3) is 14.2. The van der Waals surface area contributed by atoms with Gasteiger partial charge in [0.05, 0.1) is 27.5 Å². The standard InChI is InChI=1S/C19H19ClN2O4S.C15H10ClNO4S.C4H11NO.C4H8O/c1-22(2)8-9-26-17-6-4-14(20)11-16(17)19(23)21-15-5-3-13-7-10-27(24,25)18(13)12-15;16-10-2-4-13(18)12(7-10)15(19)17-11-3-1-9-5-6-22(20,21)14(9)8-11;1-5(2)3-4-6;1-2-4-5-3-1/h3-7,10-12H,8-9H2,1-2H3,(H,21,23);1-8,18H,(H,17,19);6H,3-4H2,1-2H3;1-4H2. The second-order valence-corrected chi connectivity index (χ2v) is 18.4. The van der Waals surface area contributed by atoms with Gasteiger partial charge in [0.1, 0.15) is 18.1 Å². The lowest BCUT2D eigenvalue weighted by molar-refractivity contribution is 0.101. The third-order valence-corrected chi connectivity index (χ3v) is 12.0. The number of amides is 2. The van der Waals surface area contributed by atoms with Crippen LogP contribution in [0.1, 0.15) is 44.7 Å². The van der Waals surface area contributed by atoms with Crippen molar-refractivity contribution in [1.82, 2.24) is 9.80 Å². The zero-order chi connectivity index (χ0) is 44.0. The first kappa shape index (κ1) is 47.9. The van der Waals surface area contributed by atoms with E-state index in [1.165, 1.54) is 61.4 Å². The highest BCUT2D eigenvalue weighted by molar-refractivity contribution is 7.95. The van der Waals surface area contributed by atoms with E-state index in [1.807, 2.05) is 38.0 Å². The van der Waals surface area contributed by atoms with Gasteiger partial charge in [0.25, 0.3) is 11.8 Å². The lowest BCUT2D eigenvalue weighted by Crippen LogP contribution is -2.21. The van der Waals surface area contributed by atoms with Gasteiger partial charge >= 0.3 is 0 Å². The van der Waals surface area contributed by atoms with Crippen LogP contribution in [0.4, 0.5) is 11.4 Å². The predicted molar refractivity (Wildman–Crippen MR) is 236 cm³/mol. The Hall–Kier alpha value is -4.78. The smallest absolute Gasteiger partial charge is 0.259 e. The number of sulfone groups is 2. The first-order valence-corrected chi connectivity index (χ1v) is 22.4. The number of hydrogen-bond acceptors (Lipinski definition) is 12. The number of aliphatic hydroxyl groups excluding tert-OH is 1. The Morgan fingerprint density at radius 2 is 1.18 bits per heavy atom. The molecule has 3 aliphatic rings. The summed E-state index contributed by atoms with van der Waals surface area (Å²) in [4.78, 5) is 29.1. The Labute approximate surface area is 360 Å². The first-order chi connectivity index (χ1) is 28.4. The summed E-state index contributed by atoms with van der Waals surface area (Å²) in [7, 11) is 0.814. The highest BCUT2D eigenvalue weighted by Crippen LogP contribution is 2.32. The average molecular weight is 904 g/mol. The molecule has 2 amide bonds. The fourth-order valence-corrected chi connectivity index (χ4v) is 8.21. The molecule has 7 rings (SSSR count). The van der Waals surface area contributed by atoms with Gasteiger partial charge in [-0.15, -0.1) is 0 Å². The molecule has 4 N–H and O–H groups in total. The fraction of sp³-hybridized carbons (Fsp3) is 0.286. The van der Waals surface area contributed by atoms with Crippen molar-refractivity contribution in [3.05, 3.63) is 116 Å². The van der Waals surface area contributed by atoms with Crippen LogP contribution in [0.25, 0.3) is 12.2 Å². The maximum absolute atomic E-state index is 12.7. The number of nitrogens with zero attached hydrogens (tertiary/aromatic N) is 2. The number of fused-ring (bicyclic) bond motifs is 2. The first-order valence-electron chi connectivity index (χ1n) is 18.6. The van der Waals surface area contributed by atoms with Crippen molar-refractivity contribution in [3.8, 4) is 11.5 Å². The van der Waals surface area contributed by atoms with Crippen molar-refractivity contribution in [2.75, 3.05) is 78.3 Å². The fourth-order valence-electron chi connectivity index (χ4n) is 5.41. The average Bonchev–Trinajstić information content (AvgIpc) is 3.94. The summed E-state index contributed by atoms with van der Waals surface area (Å²) in [6.07, 6.45) is 5.59. The van der Waals surface area contributed by atoms with E-state index in [1.54, 1.807) is 36.4 Å². The summed E-state index contributed by atoms with van der Waals surface area (Å²) in [6.45, 7) is 4.13. The molecule has 322 valence electrons. The van der Waals surface area contributed by atoms with E-state index >= 15 is 0 Å². The summed E-state index contributed by atoms with van der Waals surface area (Å²) >= 11 is 11.8. The van der Waals surface area contributed by atoms with Crippen molar-refractivity contribution < 1.29 is 46.1 Å². The largest absolute Gasteiger partial charge is 0.507 e. The van der Waals surface area contributed by atoms with Crippen LogP contribution in [-0.4, -0.2) is 116 Å². The van der Waals surface area contributed by atoms with Gasteiger partial charge in [-0.25, -0.2) is 16.8 Å². The van der Waals surface area contributed by atoms with Crippen molar-refractivity contribution >= 4 is 78.2 Å². The van der Waals surface area contributed by atoms with Crippen molar-refractivity contribution in [1.29, 1.82) is 0 Å². The highest BCUT2D eigenvalue weighted by Gasteiger charge is 2.23. The topological polar surface area (TPSA) is 192 Å². The Bertz CT molecular complexity index is 2430. The number of nitrogens with one attached hydrogen (secondary N) is 2. The Morgan fingerprint density at radius 3 is 1.63 bits per heavy atom. The minimum absolute atomic E-state index is 0.00832. The molecule has 60 heavy (non-hydrogen) atoms. The van der Waals surface area contributed by atoms with Crippen molar-refractivity contribution in [2.24, 2.45) is 0 Å². The molecule has 0 aliphatic carbocycles. The molecule has 0 aromatic heterocycles. The van der Waals surface area contributed by atoms with Crippen LogP contribution in [0.3, 0.4) is 0 Å². The maximum Gasteiger partial charge on any atom is 0.259 e. The van der Waals surface area contributed by atoms with Gasteiger partial charge in [-0.1, -0.05) is 35.3 Å². The lowest BCUT2D eigenvalue weighted by Gasteiger charge is -2.14. The monoisotopic (exact) mass is 902 g/mol. The molecule has 0 spiro atoms. The SMILES string of the molecule is C1CCOC1.CN(C)CCO.CN(C)CCOc1ccc(Cl)cc1C(=O)Nc1ccc2c(c1)S(=O)(=O)C=C2.O=C(Nc1ccc2c(c1)S(=O)(=O)C=C2)c1cc(Cl)ccc1O. The number of phenolic OH excluding ortho intramolecular Hbond substituents is 1. The number of likely N-dealkylation sites (N-methyl/N-ethyl adjacent to an activating group) is 2. The summed E-state index contributed by atoms with van der Waals surface area (Å²) in [6, 6.07) is 18.2. The number of benzene rings is 4. The van der Waals surface area contributed by atoms with E-state index in [2.05, 4.69) is 10.6 Å². The van der Waals surface area contributed by atoms with Crippen LogP contribution < -0.4 is 15.4 Å². The van der Waals surface area contributed by atoms with Crippen LogP contribution in [0.5, 0.6) is 11.5 Å². The Balaban J connectivity index is 0.000000213. The summed E-state index contributed by atoms with van der Waals surface area (Å²) < 4.78 is 58.2. The van der Waals surface area contributed by atoms with Crippen LogP contribution in [-0.2, 0) is 24.4 Å². The zero-order valence-electron chi connectivity index (χ0n) is 33.5. The van der Waals surface area contributed by atoms with Gasteiger partial charge in [-0.2, -0.15) is 0 Å². The van der Waals surface area contributed by atoms with Gasteiger partial charge < -0.3 is 40.1 Å². The molecule has 14 nitrogen and oxygen atoms in total. The number of halogens is 2. The normalized spacial score (nSPS) is 14.8. The number of carbonyl (C=O) groups excluding carboxylic acids is 2. The molecule has 3 heterocycles. The molecule has 18 heteroatoms. The summed E-state index contributed by atoms with van der Waals surface area (Å²) in [5.74, 6) is -0.810. The van der Waals surface area contributed by atoms with Gasteiger partial charge in [0.2, 0.25) is 19.7 Å². The van der Waals surface area contributed by atoms with Crippen LogP contribution in [0.2, 0.25) is 10.0 Å². The van der Waals surface area contributed by atoms with Gasteiger partial charge in [-0.05, 0) is 125 Å². The second-order valence-electron chi connectivity index (χ2n) is 13.9. The molecule has 0 atom stereocenters. The van der Waals surface area contributed by atoms with E-state index < -0.39 is 31.5 Å². The number of carbonyl (C=O) groups is 2. The lowest BCUT2D eigenvalue weighted by atomic mass is 10.1. The molecule has 4 aromatic carbocycles. The second kappa shape index (κ2) is 22.2. The number of aliphatic hydroxyl groups is 1. The molecule has 1 fully saturated rings. The minimum Gasteiger partial charge on any atom is -0.507 e. The Kier molecular flexibility index (Phi) is 17.7. The number of rotatable bonds is 10. The van der Waals surface area contributed by atoms with E-state index in [0.717, 1.165) is 30.6 Å². The molecule has 3 aliphatic heterocycles. The molecule has 0 bridgehead atoms. The maximum atomic E-state index is 12.7. The van der Waals surface area contributed by atoms with Crippen LogP contribution >= 0.6 is 23.2 Å². The van der Waals surface area contributed by atoms with Crippen LogP contribution in [0, 0.1) is 0 Å². The number of phenols is 1. The molecular formula is C42H48Cl2N4O10S2. The van der Waals surface area contributed by atoms with Crippen LogP contribution in [0.15, 0.2) is 93.4 Å². The molecular weight excluding hydrogens is 856 g/mol. The Morgan fingerprint density at radius 1 is 0.700 bits per heavy atom. The molecule has 0 radical (unpaired) electrons. The quantitative estimate of drug-likeness (QED) is 0.132. The number of anilines is 2. The van der Waals surface area contributed by atoms with Gasteiger partial charge in [0.15, 0.2) is 0 Å². The summed E-state index contributed by atoms with van der Waals surface area (Å²) in [5.41, 5.74) is 2.16. The van der Waals surface area contributed by atoms with Crippen molar-refractivity contribution in [3.63, 3.8) is 0 Å². The third-order valence-electron chi connectivity index (χ3n) is 8.57. The van der Waals surface area contributed by atoms with Crippen molar-refractivity contribution in [2.45, 2.75) is 22.6 Å². The number of ether oxygens (including phenoxy) is 2. The van der Waals surface area contributed by atoms with E-state index in [0.29, 0.717) is 51.4 Å². The van der Waals surface area contributed by atoms with E-state index in [9.17, 15) is 31.5 Å². The van der Waals surface area contributed by atoms with Gasteiger partial charge in [-0.3, -0.25) is 9.59 Å². The van der Waals surface area contributed by atoms with E-state index in [4.69, 9.17) is 37.8 Å². The molecule has 0 unspecified atom stereocenters. The zero-order valence-corrected chi connectivity index (χ0v) is 36.7. The molecule has 4 aromatic rings. The predicted octanol–water partition coefficient (Wildman–Crippen LogP) is 6.68. The van der Waals surface area contributed by atoms with Gasteiger partial charge in [0, 0.05) is 58.5 Å².